The van der Waals surface area contributed by atoms with Gasteiger partial charge in [0.2, 0.25) is 5.76 Å². The highest BCUT2D eigenvalue weighted by Crippen LogP contribution is 2.14. The highest BCUT2D eigenvalue weighted by atomic mass is 16.5. The first-order valence-electron chi connectivity index (χ1n) is 5.72. The fourth-order valence-corrected chi connectivity index (χ4v) is 1.51. The maximum Gasteiger partial charge on any atom is 0.374 e. The number of methoxy groups -OCH3 is 1. The third-order valence-corrected chi connectivity index (χ3v) is 2.55. The third-order valence-electron chi connectivity index (χ3n) is 2.55. The van der Waals surface area contributed by atoms with Crippen LogP contribution in [0.5, 0.6) is 5.75 Å². The van der Waals surface area contributed by atoms with E-state index in [9.17, 15) is 4.79 Å². The topological polar surface area (TPSA) is 68.9 Å². The standard InChI is InChI=1S/C14H14O5/c1-17-11-4-2-10(3-5-11)9-18-14(16)13-7-6-12(8-15)19-13/h2-7,15H,8-9H2,1H3. The number of esters is 1. The maximum atomic E-state index is 11.6. The van der Waals surface area contributed by atoms with Crippen LogP contribution in [0.15, 0.2) is 40.8 Å². The van der Waals surface area contributed by atoms with E-state index < -0.39 is 5.97 Å². The van der Waals surface area contributed by atoms with E-state index in [1.165, 1.54) is 12.1 Å². The fourth-order valence-electron chi connectivity index (χ4n) is 1.51. The first-order valence-corrected chi connectivity index (χ1v) is 5.72. The van der Waals surface area contributed by atoms with Crippen molar-refractivity contribution in [1.82, 2.24) is 0 Å². The Hall–Kier alpha value is -2.27. The molecule has 0 saturated carbocycles. The minimum atomic E-state index is -0.560. The molecule has 0 radical (unpaired) electrons. The number of ether oxygens (including phenoxy) is 2. The number of hydrogen-bond donors (Lipinski definition) is 1. The molecule has 1 aromatic heterocycles. The summed E-state index contributed by atoms with van der Waals surface area (Å²) in [5.41, 5.74) is 0.850. The van der Waals surface area contributed by atoms with E-state index in [4.69, 9.17) is 19.0 Å². The number of carbonyl (C=O) groups is 1. The molecule has 0 spiro atoms. The number of furan rings is 1. The molecule has 2 aromatic rings. The van der Waals surface area contributed by atoms with E-state index in [1.54, 1.807) is 19.2 Å². The van der Waals surface area contributed by atoms with E-state index in [-0.39, 0.29) is 19.0 Å². The Kier molecular flexibility index (Phi) is 4.20. The van der Waals surface area contributed by atoms with Crippen molar-refractivity contribution in [2.75, 3.05) is 7.11 Å². The zero-order valence-corrected chi connectivity index (χ0v) is 10.5. The zero-order valence-electron chi connectivity index (χ0n) is 10.5. The van der Waals surface area contributed by atoms with Gasteiger partial charge in [-0.1, -0.05) is 12.1 Å². The van der Waals surface area contributed by atoms with Crippen LogP contribution < -0.4 is 4.74 Å². The second-order valence-electron chi connectivity index (χ2n) is 3.85. The van der Waals surface area contributed by atoms with Crippen molar-refractivity contribution in [2.24, 2.45) is 0 Å². The first-order chi connectivity index (χ1) is 9.22. The number of benzene rings is 1. The van der Waals surface area contributed by atoms with Gasteiger partial charge in [0.1, 0.15) is 24.7 Å². The van der Waals surface area contributed by atoms with Crippen LogP contribution in [0.4, 0.5) is 0 Å². The number of hydrogen-bond acceptors (Lipinski definition) is 5. The van der Waals surface area contributed by atoms with Gasteiger partial charge >= 0.3 is 5.97 Å². The van der Waals surface area contributed by atoms with Crippen LogP contribution in [0.1, 0.15) is 21.9 Å². The highest BCUT2D eigenvalue weighted by Gasteiger charge is 2.12. The SMILES string of the molecule is COc1ccc(COC(=O)c2ccc(CO)o2)cc1. The van der Waals surface area contributed by atoms with Crippen LogP contribution in [0, 0.1) is 0 Å². The molecule has 5 nitrogen and oxygen atoms in total. The second-order valence-corrected chi connectivity index (χ2v) is 3.85. The normalized spacial score (nSPS) is 10.2. The quantitative estimate of drug-likeness (QED) is 0.836. The number of aliphatic hydroxyl groups excluding tert-OH is 1. The van der Waals surface area contributed by atoms with Crippen molar-refractivity contribution in [3.63, 3.8) is 0 Å². The van der Waals surface area contributed by atoms with Gasteiger partial charge in [0.05, 0.1) is 7.11 Å². The van der Waals surface area contributed by atoms with Crippen LogP contribution in [0.25, 0.3) is 0 Å². The van der Waals surface area contributed by atoms with Gasteiger partial charge in [-0.25, -0.2) is 4.79 Å². The molecule has 1 aromatic carbocycles. The van der Waals surface area contributed by atoms with Gasteiger partial charge in [0, 0.05) is 0 Å². The van der Waals surface area contributed by atoms with Crippen LogP contribution in [-0.2, 0) is 18.0 Å². The summed E-state index contributed by atoms with van der Waals surface area (Å²) in [7, 11) is 1.59. The van der Waals surface area contributed by atoms with Gasteiger partial charge in [-0.3, -0.25) is 0 Å². The van der Waals surface area contributed by atoms with Crippen LogP contribution >= 0.6 is 0 Å². The van der Waals surface area contributed by atoms with Crippen molar-refractivity contribution in [3.05, 3.63) is 53.5 Å². The maximum absolute atomic E-state index is 11.6. The predicted octanol–water partition coefficient (Wildman–Crippen LogP) is 2.14. The predicted molar refractivity (Wildman–Crippen MR) is 66.7 cm³/mol. The summed E-state index contributed by atoms with van der Waals surface area (Å²) in [6.07, 6.45) is 0. The Morgan fingerprint density at radius 3 is 2.53 bits per heavy atom. The van der Waals surface area contributed by atoms with Gasteiger partial charge in [-0.2, -0.15) is 0 Å². The van der Waals surface area contributed by atoms with Gasteiger partial charge in [0.25, 0.3) is 0 Å². The molecule has 0 aliphatic rings. The van der Waals surface area contributed by atoms with E-state index in [2.05, 4.69) is 0 Å². The summed E-state index contributed by atoms with van der Waals surface area (Å²) in [5, 5.41) is 8.83. The molecule has 5 heteroatoms. The molecule has 0 aliphatic carbocycles. The summed E-state index contributed by atoms with van der Waals surface area (Å²) in [5.74, 6) is 0.596. The van der Waals surface area contributed by atoms with Crippen LogP contribution in [0.2, 0.25) is 0 Å². The molecule has 0 aliphatic heterocycles. The Morgan fingerprint density at radius 1 is 1.21 bits per heavy atom. The minimum Gasteiger partial charge on any atom is -0.497 e. The van der Waals surface area contributed by atoms with Gasteiger partial charge in [-0.15, -0.1) is 0 Å². The molecule has 100 valence electrons. The van der Waals surface area contributed by atoms with Crippen molar-refractivity contribution in [1.29, 1.82) is 0 Å². The van der Waals surface area contributed by atoms with Crippen molar-refractivity contribution in [2.45, 2.75) is 13.2 Å². The smallest absolute Gasteiger partial charge is 0.374 e. The number of carbonyl (C=O) groups excluding carboxylic acids is 1. The summed E-state index contributed by atoms with van der Waals surface area (Å²) < 4.78 is 15.2. The summed E-state index contributed by atoms with van der Waals surface area (Å²) in [6, 6.07) is 10.2. The van der Waals surface area contributed by atoms with E-state index >= 15 is 0 Å². The molecular weight excluding hydrogens is 248 g/mol. The van der Waals surface area contributed by atoms with E-state index in [0.29, 0.717) is 5.76 Å². The molecular formula is C14H14O5. The molecule has 0 atom stereocenters. The summed E-state index contributed by atoms with van der Waals surface area (Å²) in [4.78, 5) is 11.6. The molecule has 19 heavy (non-hydrogen) atoms. The van der Waals surface area contributed by atoms with Gasteiger partial charge in [-0.05, 0) is 29.8 Å². The molecule has 0 bridgehead atoms. The van der Waals surface area contributed by atoms with Gasteiger partial charge in [0.15, 0.2) is 0 Å². The molecule has 1 heterocycles. The Balaban J connectivity index is 1.92. The van der Waals surface area contributed by atoms with Crippen LogP contribution in [0.3, 0.4) is 0 Å². The number of rotatable bonds is 5. The molecule has 2 rings (SSSR count). The van der Waals surface area contributed by atoms with Crippen molar-refractivity contribution in [3.8, 4) is 5.75 Å². The van der Waals surface area contributed by atoms with Gasteiger partial charge < -0.3 is 19.0 Å². The average Bonchev–Trinajstić information content (AvgIpc) is 2.94. The minimum absolute atomic E-state index is 0.0811. The lowest BCUT2D eigenvalue weighted by molar-refractivity contribution is 0.0431. The summed E-state index contributed by atoms with van der Waals surface area (Å²) >= 11 is 0. The van der Waals surface area contributed by atoms with Crippen molar-refractivity contribution >= 4 is 5.97 Å². The third kappa shape index (κ3) is 3.35. The molecule has 0 saturated heterocycles. The molecule has 0 amide bonds. The lowest BCUT2D eigenvalue weighted by Gasteiger charge is -2.04. The first kappa shape index (κ1) is 13.2. The van der Waals surface area contributed by atoms with E-state index in [1.807, 2.05) is 12.1 Å². The zero-order chi connectivity index (χ0) is 13.7. The lowest BCUT2D eigenvalue weighted by Crippen LogP contribution is -2.03. The summed E-state index contributed by atoms with van der Waals surface area (Å²) in [6.45, 7) is -0.0935. The highest BCUT2D eigenvalue weighted by molar-refractivity contribution is 5.86. The Morgan fingerprint density at radius 2 is 1.95 bits per heavy atom. The van der Waals surface area contributed by atoms with Crippen molar-refractivity contribution < 1.29 is 23.8 Å². The Bertz CT molecular complexity index is 541. The Labute approximate surface area is 110 Å². The molecule has 1 N–H and O–H groups in total. The molecule has 0 fully saturated rings. The largest absolute Gasteiger partial charge is 0.497 e. The number of aliphatic hydroxyl groups is 1. The lowest BCUT2D eigenvalue weighted by atomic mass is 10.2. The fraction of sp³-hybridized carbons (Fsp3) is 0.214. The second kappa shape index (κ2) is 6.06. The van der Waals surface area contributed by atoms with Crippen LogP contribution in [-0.4, -0.2) is 18.2 Å². The average molecular weight is 262 g/mol. The monoisotopic (exact) mass is 262 g/mol. The molecule has 0 unspecified atom stereocenters. The van der Waals surface area contributed by atoms with E-state index in [0.717, 1.165) is 11.3 Å².